The van der Waals surface area contributed by atoms with Gasteiger partial charge in [0.2, 0.25) is 0 Å². The molecule has 4 aromatic carbocycles. The Morgan fingerprint density at radius 3 is 1.63 bits per heavy atom. The van der Waals surface area contributed by atoms with E-state index in [1.165, 1.54) is 31.2 Å². The normalized spacial score (nSPS) is 13.1. The van der Waals surface area contributed by atoms with Crippen LogP contribution >= 0.6 is 0 Å². The third-order valence-electron chi connectivity index (χ3n) is 6.69. The molecular weight excluding hydrogens is 731 g/mol. The number of hydrogen-bond acceptors (Lipinski definition) is 15. The van der Waals surface area contributed by atoms with E-state index in [1.807, 2.05) is 0 Å². The second-order valence-corrected chi connectivity index (χ2v) is 16.7. The fraction of sp³-hybridized carbons (Fsp3) is 0.148. The highest BCUT2D eigenvalue weighted by atomic mass is 32.2. The Kier molecular flexibility index (Phi) is 10.3. The van der Waals surface area contributed by atoms with Crippen molar-refractivity contribution >= 4 is 85.2 Å². The summed E-state index contributed by atoms with van der Waals surface area (Å²) in [7, 11) is -18.6. The fourth-order valence-electron chi connectivity index (χ4n) is 4.35. The Hall–Kier alpha value is -4.71. The molecule has 0 aliphatic carbocycles. The van der Waals surface area contributed by atoms with Gasteiger partial charge in [-0.3, -0.25) is 18.5 Å². The number of aromatic hydroxyl groups is 1. The molecule has 0 heterocycles. The Morgan fingerprint density at radius 2 is 1.16 bits per heavy atom. The van der Waals surface area contributed by atoms with Crippen LogP contribution < -0.4 is 5.73 Å². The topological polar surface area (TPSA) is 310 Å². The average molecular weight is 756 g/mol. The maximum atomic E-state index is 12.5. The summed E-state index contributed by atoms with van der Waals surface area (Å²) in [6, 6.07) is 11.5. The van der Waals surface area contributed by atoms with Crippen molar-refractivity contribution in [3.05, 3.63) is 66.2 Å². The number of anilines is 1. The smallest absolute Gasteiger partial charge is 0.296 e. The van der Waals surface area contributed by atoms with Crippen LogP contribution in [0.15, 0.2) is 95.8 Å². The number of phenols is 1. The van der Waals surface area contributed by atoms with Crippen LogP contribution in [0, 0.1) is 0 Å². The zero-order chi connectivity index (χ0) is 36.5. The Labute approximate surface area is 279 Å². The van der Waals surface area contributed by atoms with Crippen LogP contribution in [0.25, 0.3) is 10.8 Å². The number of nitrogen functional groups attached to an aromatic ring is 1. The number of nitrogens with zero attached hydrogens (tertiary/aromatic N) is 4. The second kappa shape index (κ2) is 13.7. The maximum Gasteiger partial charge on any atom is 0.296 e. The summed E-state index contributed by atoms with van der Waals surface area (Å²) in [4.78, 5) is 9.30. The van der Waals surface area contributed by atoms with Gasteiger partial charge in [-0.1, -0.05) is 0 Å². The van der Waals surface area contributed by atoms with Gasteiger partial charge in [0.25, 0.3) is 30.4 Å². The maximum absolute atomic E-state index is 12.5. The summed E-state index contributed by atoms with van der Waals surface area (Å²) in [5.74, 6) is -2.60. The summed E-state index contributed by atoms with van der Waals surface area (Å²) in [5.41, 5.74) is 4.37. The highest BCUT2D eigenvalue weighted by molar-refractivity contribution is 7.91. The van der Waals surface area contributed by atoms with Gasteiger partial charge in [0.15, 0.2) is 21.4 Å². The molecule has 0 amide bonds. The summed E-state index contributed by atoms with van der Waals surface area (Å²) < 4.78 is 125. The van der Waals surface area contributed by atoms with Gasteiger partial charge < -0.3 is 10.8 Å². The van der Waals surface area contributed by atoms with E-state index in [-0.39, 0.29) is 28.5 Å². The quantitative estimate of drug-likeness (QED) is 0.0566. The van der Waals surface area contributed by atoms with Crippen molar-refractivity contribution in [2.45, 2.75) is 28.0 Å². The monoisotopic (exact) mass is 755 g/mol. The van der Waals surface area contributed by atoms with Crippen LogP contribution in [0.2, 0.25) is 0 Å². The molecule has 18 nitrogen and oxygen atoms in total. The molecule has 0 radical (unpaired) electrons. The van der Waals surface area contributed by atoms with Crippen molar-refractivity contribution < 1.29 is 57.2 Å². The second-order valence-electron chi connectivity index (χ2n) is 10.2. The number of carbonyl (C=O) groups excluding carboxylic acids is 1. The standard InChI is InChI=1S/C27H25N5O13S4/c1-15(33)16-3-5-18(6-4-16)30-32-26-22(49(43,44)45)14-17-13-21(48(40,41)42)25(24(28)23(17)27(26)34)31-29-19-7-9-20(10-8-19)46(35,36)11-2-12-47(37,38)39/h3-10,13-14,34H,2,11-12,28H2,1H3,(H,37,38,39)(H,40,41,42)(H,43,44,45). The van der Waals surface area contributed by atoms with Crippen molar-refractivity contribution in [1.82, 2.24) is 0 Å². The zero-order valence-electron chi connectivity index (χ0n) is 24.9. The number of benzene rings is 4. The van der Waals surface area contributed by atoms with Crippen LogP contribution in [0.1, 0.15) is 23.7 Å². The molecule has 0 bridgehead atoms. The Bertz CT molecular complexity index is 2480. The van der Waals surface area contributed by atoms with Gasteiger partial charge in [0.1, 0.15) is 21.2 Å². The van der Waals surface area contributed by atoms with E-state index in [4.69, 9.17) is 10.3 Å². The predicted octanol–water partition coefficient (Wildman–Crippen LogP) is 4.71. The van der Waals surface area contributed by atoms with Gasteiger partial charge in [-0.25, -0.2) is 8.42 Å². The van der Waals surface area contributed by atoms with Crippen LogP contribution in [-0.2, 0) is 40.2 Å². The molecule has 0 spiro atoms. The van der Waals surface area contributed by atoms with Gasteiger partial charge >= 0.3 is 0 Å². The minimum atomic E-state index is -5.16. The fourth-order valence-corrected chi connectivity index (χ4v) is 7.68. The van der Waals surface area contributed by atoms with Crippen molar-refractivity contribution in [3.63, 3.8) is 0 Å². The van der Waals surface area contributed by atoms with E-state index in [0.717, 1.165) is 30.3 Å². The van der Waals surface area contributed by atoms with Gasteiger partial charge in [-0.2, -0.15) is 35.5 Å². The van der Waals surface area contributed by atoms with Crippen LogP contribution in [-0.4, -0.2) is 69.7 Å². The van der Waals surface area contributed by atoms with E-state index in [1.54, 1.807) is 0 Å². The molecule has 0 aliphatic heterocycles. The third kappa shape index (κ3) is 8.86. The van der Waals surface area contributed by atoms with E-state index in [9.17, 15) is 52.7 Å². The van der Waals surface area contributed by atoms with Crippen LogP contribution in [0.4, 0.5) is 28.4 Å². The van der Waals surface area contributed by atoms with Crippen LogP contribution in [0.5, 0.6) is 5.75 Å². The predicted molar refractivity (Wildman–Crippen MR) is 174 cm³/mol. The van der Waals surface area contributed by atoms with Gasteiger partial charge in [-0.05, 0) is 79.4 Å². The molecule has 0 saturated carbocycles. The summed E-state index contributed by atoms with van der Waals surface area (Å²) >= 11 is 0. The Balaban J connectivity index is 1.82. The number of ketones is 1. The molecule has 6 N–H and O–H groups in total. The van der Waals surface area contributed by atoms with E-state index in [2.05, 4.69) is 20.5 Å². The summed E-state index contributed by atoms with van der Waals surface area (Å²) in [6.45, 7) is 1.33. The molecule has 4 rings (SSSR count). The number of azo groups is 2. The first-order chi connectivity index (χ1) is 22.6. The number of phenolic OH excluding ortho intramolecular Hbond substituents is 1. The molecule has 22 heteroatoms. The number of hydrogen-bond donors (Lipinski definition) is 5. The summed E-state index contributed by atoms with van der Waals surface area (Å²) in [5, 5.41) is 25.5. The number of sulfone groups is 1. The lowest BCUT2D eigenvalue weighted by Crippen LogP contribution is -2.12. The van der Waals surface area contributed by atoms with Crippen molar-refractivity contribution in [2.24, 2.45) is 20.5 Å². The van der Waals surface area contributed by atoms with Crippen molar-refractivity contribution in [2.75, 3.05) is 17.2 Å². The molecule has 4 aromatic rings. The lowest BCUT2D eigenvalue weighted by Gasteiger charge is -2.14. The lowest BCUT2D eigenvalue weighted by atomic mass is 10.1. The van der Waals surface area contributed by atoms with Gasteiger partial charge in [-0.15, -0.1) is 10.2 Å². The average Bonchev–Trinajstić information content (AvgIpc) is 2.98. The molecule has 0 aliphatic rings. The highest BCUT2D eigenvalue weighted by Crippen LogP contribution is 2.48. The highest BCUT2D eigenvalue weighted by Gasteiger charge is 2.28. The molecule has 260 valence electrons. The first-order valence-corrected chi connectivity index (χ1v) is 19.5. The number of nitrogens with two attached hydrogens (primary N) is 1. The van der Waals surface area contributed by atoms with E-state index in [0.29, 0.717) is 11.6 Å². The zero-order valence-corrected chi connectivity index (χ0v) is 28.1. The largest absolute Gasteiger partial charge is 0.505 e. The number of rotatable bonds is 12. The van der Waals surface area contributed by atoms with E-state index >= 15 is 0 Å². The third-order valence-corrected chi connectivity index (χ3v) is 11.0. The minimum Gasteiger partial charge on any atom is -0.505 e. The summed E-state index contributed by atoms with van der Waals surface area (Å²) in [6.07, 6.45) is -0.377. The minimum absolute atomic E-state index is 0.0612. The van der Waals surface area contributed by atoms with Gasteiger partial charge in [0, 0.05) is 5.56 Å². The first kappa shape index (κ1) is 37.1. The number of Topliss-reactive ketones (excluding diaryl/α,β-unsaturated/α-hetero) is 1. The van der Waals surface area contributed by atoms with Crippen molar-refractivity contribution in [3.8, 4) is 5.75 Å². The lowest BCUT2D eigenvalue weighted by molar-refractivity contribution is 0.101. The SMILES string of the molecule is CC(=O)c1ccc(N=Nc2c(S(=O)(=O)O)cc3cc(S(=O)(=O)O)c(N=Nc4ccc(S(=O)(=O)CCCS(=O)(=O)O)cc4)c(N)c3c2O)cc1. The molecule has 0 aromatic heterocycles. The first-order valence-electron chi connectivity index (χ1n) is 13.4. The Morgan fingerprint density at radius 1 is 0.694 bits per heavy atom. The molecule has 0 unspecified atom stereocenters. The molecule has 0 saturated heterocycles. The molecule has 49 heavy (non-hydrogen) atoms. The van der Waals surface area contributed by atoms with E-state index < -0.39 is 95.1 Å². The van der Waals surface area contributed by atoms with Crippen LogP contribution in [0.3, 0.4) is 0 Å². The number of carbonyl (C=O) groups is 1. The molecular formula is C27H25N5O13S4. The van der Waals surface area contributed by atoms with Gasteiger partial charge in [0.05, 0.1) is 38.8 Å². The van der Waals surface area contributed by atoms with Crippen molar-refractivity contribution in [1.29, 1.82) is 0 Å². The molecule has 0 atom stereocenters. The number of fused-ring (bicyclic) bond motifs is 1. The molecule has 0 fully saturated rings.